The second-order valence-corrected chi connectivity index (χ2v) is 8.08. The fraction of sp³-hybridized carbons (Fsp3) is 0.179. The van der Waals surface area contributed by atoms with Gasteiger partial charge in [0.2, 0.25) is 5.76 Å². The number of aromatic carboxylic acids is 1. The van der Waals surface area contributed by atoms with E-state index in [4.69, 9.17) is 9.15 Å². The van der Waals surface area contributed by atoms with Gasteiger partial charge in [0.1, 0.15) is 18.6 Å². The van der Waals surface area contributed by atoms with Gasteiger partial charge in [-0.05, 0) is 78.8 Å². The van der Waals surface area contributed by atoms with Gasteiger partial charge in [-0.1, -0.05) is 48.5 Å². The summed E-state index contributed by atoms with van der Waals surface area (Å²) >= 11 is 0. The minimum Gasteiger partial charge on any atom is -0.489 e. The summed E-state index contributed by atoms with van der Waals surface area (Å²) in [5.41, 5.74) is 9.13. The molecule has 1 heterocycles. The van der Waals surface area contributed by atoms with Crippen molar-refractivity contribution in [2.24, 2.45) is 0 Å². The number of rotatable bonds is 6. The van der Waals surface area contributed by atoms with Gasteiger partial charge in [0.25, 0.3) is 0 Å². The summed E-state index contributed by atoms with van der Waals surface area (Å²) in [6.45, 7) is 8.97. The van der Waals surface area contributed by atoms with Gasteiger partial charge in [-0.25, -0.2) is 4.79 Å². The predicted octanol–water partition coefficient (Wildman–Crippen LogP) is 7.12. The summed E-state index contributed by atoms with van der Waals surface area (Å²) < 4.78 is 11.6. The summed E-state index contributed by atoms with van der Waals surface area (Å²) in [5.74, 6) is -0.445. The third kappa shape index (κ3) is 4.04. The first-order valence-electron chi connectivity index (χ1n) is 10.6. The van der Waals surface area contributed by atoms with Gasteiger partial charge in [0.15, 0.2) is 0 Å². The first-order valence-corrected chi connectivity index (χ1v) is 10.6. The SMILES string of the molecule is Cc1cc(C)c(C)c(COc2cccc(-c3coc(C(=O)O)c3-c3ccccc3)c2)c1C. The van der Waals surface area contributed by atoms with Gasteiger partial charge in [0.05, 0.1) is 0 Å². The van der Waals surface area contributed by atoms with Crippen molar-refractivity contribution >= 4 is 5.97 Å². The molecule has 4 aromatic rings. The molecule has 1 aromatic heterocycles. The number of ether oxygens (including phenoxy) is 1. The minimum absolute atomic E-state index is 0.0704. The number of carbonyl (C=O) groups is 1. The maximum atomic E-state index is 11.8. The van der Waals surface area contributed by atoms with Crippen LogP contribution in [0.3, 0.4) is 0 Å². The van der Waals surface area contributed by atoms with E-state index >= 15 is 0 Å². The van der Waals surface area contributed by atoms with Gasteiger partial charge in [-0.2, -0.15) is 0 Å². The second kappa shape index (κ2) is 8.75. The van der Waals surface area contributed by atoms with Crippen LogP contribution in [0.5, 0.6) is 5.75 Å². The van der Waals surface area contributed by atoms with Gasteiger partial charge in [-0.3, -0.25) is 0 Å². The zero-order valence-corrected chi connectivity index (χ0v) is 18.7. The van der Waals surface area contributed by atoms with E-state index in [-0.39, 0.29) is 5.76 Å². The van der Waals surface area contributed by atoms with Crippen LogP contribution < -0.4 is 4.74 Å². The third-order valence-corrected chi connectivity index (χ3v) is 6.10. The smallest absolute Gasteiger partial charge is 0.372 e. The molecule has 3 aromatic carbocycles. The third-order valence-electron chi connectivity index (χ3n) is 6.10. The van der Waals surface area contributed by atoms with E-state index in [1.165, 1.54) is 34.1 Å². The van der Waals surface area contributed by atoms with Crippen molar-refractivity contribution in [1.82, 2.24) is 0 Å². The summed E-state index contributed by atoms with van der Waals surface area (Å²) in [7, 11) is 0. The number of furan rings is 1. The van der Waals surface area contributed by atoms with Gasteiger partial charge < -0.3 is 14.3 Å². The highest BCUT2D eigenvalue weighted by molar-refractivity contribution is 5.99. The molecule has 0 fully saturated rings. The Kier molecular flexibility index (Phi) is 5.87. The van der Waals surface area contributed by atoms with Crippen molar-refractivity contribution in [3.05, 3.63) is 101 Å². The number of hydrogen-bond acceptors (Lipinski definition) is 3. The molecule has 0 bridgehead atoms. The van der Waals surface area contributed by atoms with Gasteiger partial charge in [0, 0.05) is 11.1 Å². The Morgan fingerprint density at radius 3 is 2.19 bits per heavy atom. The first kappa shape index (κ1) is 21.4. The van der Waals surface area contributed by atoms with Crippen molar-refractivity contribution in [3.8, 4) is 28.0 Å². The van der Waals surface area contributed by atoms with E-state index in [0.29, 0.717) is 12.2 Å². The molecule has 162 valence electrons. The van der Waals surface area contributed by atoms with Crippen LogP contribution in [-0.4, -0.2) is 11.1 Å². The lowest BCUT2D eigenvalue weighted by molar-refractivity contribution is 0.0663. The first-order chi connectivity index (χ1) is 15.4. The van der Waals surface area contributed by atoms with Crippen molar-refractivity contribution in [3.63, 3.8) is 0 Å². The molecule has 0 radical (unpaired) electrons. The Hall–Kier alpha value is -3.79. The fourth-order valence-electron chi connectivity index (χ4n) is 4.04. The molecule has 0 aliphatic rings. The lowest BCUT2D eigenvalue weighted by Crippen LogP contribution is -2.04. The Morgan fingerprint density at radius 1 is 0.875 bits per heavy atom. The average molecular weight is 427 g/mol. The van der Waals surface area contributed by atoms with Crippen LogP contribution in [0.4, 0.5) is 0 Å². The molecule has 0 atom stereocenters. The van der Waals surface area contributed by atoms with E-state index in [0.717, 1.165) is 22.4 Å². The topological polar surface area (TPSA) is 59.7 Å². The number of carboxylic acid groups (broad SMARTS) is 1. The molecule has 0 saturated carbocycles. The van der Waals surface area contributed by atoms with Gasteiger partial charge in [-0.15, -0.1) is 0 Å². The molecule has 0 spiro atoms. The zero-order valence-electron chi connectivity index (χ0n) is 18.7. The molecule has 32 heavy (non-hydrogen) atoms. The summed E-state index contributed by atoms with van der Waals surface area (Å²) in [5, 5.41) is 9.63. The molecular weight excluding hydrogens is 400 g/mol. The monoisotopic (exact) mass is 426 g/mol. The van der Waals surface area contributed by atoms with Crippen molar-refractivity contribution in [2.45, 2.75) is 34.3 Å². The number of aryl methyl sites for hydroxylation is 2. The molecular formula is C28H26O4. The largest absolute Gasteiger partial charge is 0.489 e. The Bertz CT molecular complexity index is 1260. The van der Waals surface area contributed by atoms with Crippen LogP contribution in [0.25, 0.3) is 22.3 Å². The van der Waals surface area contributed by atoms with Crippen LogP contribution in [0, 0.1) is 27.7 Å². The average Bonchev–Trinajstić information content (AvgIpc) is 3.24. The maximum absolute atomic E-state index is 11.8. The number of carboxylic acids is 1. The molecule has 0 aliphatic carbocycles. The predicted molar refractivity (Wildman–Crippen MR) is 126 cm³/mol. The molecule has 0 saturated heterocycles. The van der Waals surface area contributed by atoms with E-state index in [1.807, 2.05) is 54.6 Å². The highest BCUT2D eigenvalue weighted by atomic mass is 16.5. The highest BCUT2D eigenvalue weighted by Crippen LogP contribution is 2.38. The van der Waals surface area contributed by atoms with Crippen LogP contribution in [-0.2, 0) is 6.61 Å². The second-order valence-electron chi connectivity index (χ2n) is 8.08. The molecule has 4 nitrogen and oxygen atoms in total. The lowest BCUT2D eigenvalue weighted by Gasteiger charge is -2.16. The van der Waals surface area contributed by atoms with Crippen molar-refractivity contribution < 1.29 is 19.1 Å². The molecule has 1 N–H and O–H groups in total. The maximum Gasteiger partial charge on any atom is 0.372 e. The van der Waals surface area contributed by atoms with Gasteiger partial charge >= 0.3 is 5.97 Å². The quantitative estimate of drug-likeness (QED) is 0.356. The Labute approximate surface area is 188 Å². The van der Waals surface area contributed by atoms with E-state index in [9.17, 15) is 9.90 Å². The van der Waals surface area contributed by atoms with E-state index < -0.39 is 5.97 Å². The molecule has 0 aliphatic heterocycles. The molecule has 4 heteroatoms. The van der Waals surface area contributed by atoms with E-state index in [2.05, 4.69) is 33.8 Å². The summed E-state index contributed by atoms with van der Waals surface area (Å²) in [6.07, 6.45) is 1.50. The van der Waals surface area contributed by atoms with Crippen LogP contribution >= 0.6 is 0 Å². The Morgan fingerprint density at radius 2 is 1.53 bits per heavy atom. The van der Waals surface area contributed by atoms with Crippen molar-refractivity contribution in [1.29, 1.82) is 0 Å². The normalized spacial score (nSPS) is 10.9. The highest BCUT2D eigenvalue weighted by Gasteiger charge is 2.22. The lowest BCUT2D eigenvalue weighted by atomic mass is 9.95. The van der Waals surface area contributed by atoms with Crippen LogP contribution in [0.1, 0.15) is 38.4 Å². The molecule has 0 unspecified atom stereocenters. The van der Waals surface area contributed by atoms with Crippen molar-refractivity contribution in [2.75, 3.05) is 0 Å². The Balaban J connectivity index is 1.69. The number of benzene rings is 3. The van der Waals surface area contributed by atoms with Crippen LogP contribution in [0.15, 0.2) is 71.3 Å². The fourth-order valence-corrected chi connectivity index (χ4v) is 4.04. The number of hydrogen-bond donors (Lipinski definition) is 1. The molecule has 4 rings (SSSR count). The van der Waals surface area contributed by atoms with Crippen LogP contribution in [0.2, 0.25) is 0 Å². The zero-order chi connectivity index (χ0) is 22.8. The van der Waals surface area contributed by atoms with E-state index in [1.54, 1.807) is 0 Å². The standard InChI is InChI=1S/C28H26O4/c1-17-13-18(2)20(4)24(19(17)3)15-31-23-12-8-11-22(14-23)25-16-32-27(28(29)30)26(25)21-9-6-5-7-10-21/h5-14,16H,15H2,1-4H3,(H,29,30). The molecule has 0 amide bonds. The summed E-state index contributed by atoms with van der Waals surface area (Å²) in [6, 6.07) is 19.3. The summed E-state index contributed by atoms with van der Waals surface area (Å²) in [4.78, 5) is 11.8. The minimum atomic E-state index is -1.09.